The van der Waals surface area contributed by atoms with E-state index >= 15 is 0 Å². The molecule has 0 aliphatic rings. The summed E-state index contributed by atoms with van der Waals surface area (Å²) in [5.41, 5.74) is 4.50. The van der Waals surface area contributed by atoms with E-state index in [-0.39, 0.29) is 0 Å². The normalized spacial score (nSPS) is 7.92. The number of hydrogen-bond donors (Lipinski definition) is 3. The van der Waals surface area contributed by atoms with E-state index in [1.165, 1.54) is 6.92 Å². The van der Waals surface area contributed by atoms with E-state index in [9.17, 15) is 0 Å². The summed E-state index contributed by atoms with van der Waals surface area (Å²) in [6.45, 7) is 1.44. The maximum atomic E-state index is 8.81. The van der Waals surface area contributed by atoms with Crippen LogP contribution in [0.15, 0.2) is 24.3 Å². The maximum Gasteiger partial charge on any atom is 0.116 e. The van der Waals surface area contributed by atoms with Crippen LogP contribution in [-0.4, -0.2) is 13.3 Å². The lowest BCUT2D eigenvalue weighted by Gasteiger charge is -2.05. The molecule has 1 rings (SSSR count). The molecule has 0 bridgehead atoms. The van der Waals surface area contributed by atoms with Crippen LogP contribution in [0.2, 0.25) is 0 Å². The first-order valence-electron chi connectivity index (χ1n) is 3.93. The smallest absolute Gasteiger partial charge is 0.116 e. The molecule has 0 spiro atoms. The van der Waals surface area contributed by atoms with Gasteiger partial charge >= 0.3 is 0 Å². The third kappa shape index (κ3) is 4.12. The van der Waals surface area contributed by atoms with Crippen LogP contribution < -0.4 is 16.6 Å². The van der Waals surface area contributed by atoms with Crippen LogP contribution in [0.5, 0.6) is 0 Å². The minimum Gasteiger partial charge on any atom is -0.386 e. The first-order valence-corrected chi connectivity index (χ1v) is 3.93. The maximum absolute atomic E-state index is 8.81. The Morgan fingerprint density at radius 1 is 1.31 bits per heavy atom. The van der Waals surface area contributed by atoms with Gasteiger partial charge in [0, 0.05) is 7.05 Å². The van der Waals surface area contributed by atoms with Crippen molar-refractivity contribution in [2.75, 3.05) is 17.8 Å². The molecule has 0 aliphatic heterocycles. The fourth-order valence-electron chi connectivity index (χ4n) is 0.827. The molecule has 4 heteroatoms. The molecule has 0 fully saturated rings. The van der Waals surface area contributed by atoms with Gasteiger partial charge in [0.25, 0.3) is 0 Å². The molecule has 13 heavy (non-hydrogen) atoms. The predicted octanol–water partition coefficient (Wildman–Crippen LogP) is 1.22. The zero-order valence-corrected chi connectivity index (χ0v) is 7.87. The van der Waals surface area contributed by atoms with Crippen molar-refractivity contribution in [3.63, 3.8) is 0 Å². The van der Waals surface area contributed by atoms with Gasteiger partial charge in [-0.1, -0.05) is 12.1 Å². The average Bonchev–Trinajstić information content (AvgIpc) is 2.19. The largest absolute Gasteiger partial charge is 0.386 e. The monoisotopic (exact) mass is 181 g/mol. The molecule has 0 aromatic heterocycles. The molecule has 0 heterocycles. The Labute approximate surface area is 78.1 Å². The quantitative estimate of drug-likeness (QED) is 0.364. The number of nitrogens with one attached hydrogen (secondary N) is 2. The number of anilines is 2. The van der Waals surface area contributed by atoms with Gasteiger partial charge in [-0.15, -0.1) is 0 Å². The molecule has 1 aromatic rings. The molecule has 0 amide bonds. The van der Waals surface area contributed by atoms with Gasteiger partial charge in [-0.25, -0.2) is 0 Å². The second kappa shape index (κ2) is 7.12. The van der Waals surface area contributed by atoms with Gasteiger partial charge in [0.2, 0.25) is 0 Å². The van der Waals surface area contributed by atoms with Crippen molar-refractivity contribution in [1.82, 2.24) is 0 Å². The molecule has 0 unspecified atom stereocenters. The zero-order valence-electron chi connectivity index (χ0n) is 7.87. The Hall–Kier alpha value is -1.55. The first kappa shape index (κ1) is 11.4. The fraction of sp³-hybridized carbons (Fsp3) is 0.222. The highest BCUT2D eigenvalue weighted by molar-refractivity contribution is 5.67. The van der Waals surface area contributed by atoms with Crippen LogP contribution in [0.25, 0.3) is 0 Å². The third-order valence-electron chi connectivity index (χ3n) is 1.35. The number of hydrogen-bond acceptors (Lipinski definition) is 4. The molecule has 0 saturated heterocycles. The number of carbonyl (C=O) groups is 1. The van der Waals surface area contributed by atoms with Crippen molar-refractivity contribution in [2.24, 2.45) is 5.84 Å². The van der Waals surface area contributed by atoms with Gasteiger partial charge in [-0.3, -0.25) is 5.84 Å². The highest BCUT2D eigenvalue weighted by Gasteiger charge is 1.93. The number of hydrazine groups is 1. The van der Waals surface area contributed by atoms with Crippen molar-refractivity contribution in [1.29, 1.82) is 0 Å². The lowest BCUT2D eigenvalue weighted by Crippen LogP contribution is -2.08. The number of para-hydroxylation sites is 2. The van der Waals surface area contributed by atoms with E-state index in [4.69, 9.17) is 10.6 Å². The van der Waals surface area contributed by atoms with E-state index < -0.39 is 0 Å². The summed E-state index contributed by atoms with van der Waals surface area (Å²) < 4.78 is 0. The Morgan fingerprint density at radius 2 is 1.77 bits per heavy atom. The Bertz CT molecular complexity index is 227. The summed E-state index contributed by atoms with van der Waals surface area (Å²) in [6, 6.07) is 7.74. The van der Waals surface area contributed by atoms with Crippen molar-refractivity contribution in [3.8, 4) is 0 Å². The number of benzene rings is 1. The summed E-state index contributed by atoms with van der Waals surface area (Å²) in [6.07, 6.45) is 0.750. The van der Waals surface area contributed by atoms with Gasteiger partial charge in [-0.2, -0.15) is 0 Å². The standard InChI is InChI=1S/C7H11N3.C2H4O/c1-9-6-4-2-3-5-7(6)10-8;1-2-3/h2-5,9-10H,8H2,1H3;2H,1H3. The van der Waals surface area contributed by atoms with E-state index in [2.05, 4.69) is 10.7 Å². The Kier molecular flexibility index (Phi) is 6.27. The average molecular weight is 181 g/mol. The summed E-state index contributed by atoms with van der Waals surface area (Å²) in [7, 11) is 1.86. The van der Waals surface area contributed by atoms with Gasteiger partial charge in [0.05, 0.1) is 11.4 Å². The molecule has 0 atom stereocenters. The van der Waals surface area contributed by atoms with Crippen LogP contribution >= 0.6 is 0 Å². The summed E-state index contributed by atoms with van der Waals surface area (Å²) in [5.74, 6) is 5.24. The summed E-state index contributed by atoms with van der Waals surface area (Å²) in [4.78, 5) is 8.81. The fourth-order valence-corrected chi connectivity index (χ4v) is 0.827. The molecular formula is C9H15N3O. The molecule has 72 valence electrons. The second-order valence-corrected chi connectivity index (χ2v) is 2.18. The van der Waals surface area contributed by atoms with Crippen molar-refractivity contribution in [3.05, 3.63) is 24.3 Å². The molecule has 0 aliphatic carbocycles. The molecular weight excluding hydrogens is 166 g/mol. The number of aldehydes is 1. The predicted molar refractivity (Wildman–Crippen MR) is 55.5 cm³/mol. The summed E-state index contributed by atoms with van der Waals surface area (Å²) in [5, 5.41) is 3.00. The highest BCUT2D eigenvalue weighted by Crippen LogP contribution is 2.17. The number of nitrogen functional groups attached to an aromatic ring is 1. The highest BCUT2D eigenvalue weighted by atomic mass is 16.1. The molecule has 4 nitrogen and oxygen atoms in total. The minimum atomic E-state index is 0.750. The topological polar surface area (TPSA) is 67.2 Å². The van der Waals surface area contributed by atoms with E-state index in [1.807, 2.05) is 31.3 Å². The van der Waals surface area contributed by atoms with E-state index in [0.29, 0.717) is 0 Å². The third-order valence-corrected chi connectivity index (χ3v) is 1.35. The van der Waals surface area contributed by atoms with Crippen LogP contribution in [-0.2, 0) is 4.79 Å². The lowest BCUT2D eigenvalue weighted by atomic mass is 10.3. The van der Waals surface area contributed by atoms with Gasteiger partial charge in [0.1, 0.15) is 6.29 Å². The van der Waals surface area contributed by atoms with E-state index in [0.717, 1.165) is 17.7 Å². The van der Waals surface area contributed by atoms with Gasteiger partial charge in [0.15, 0.2) is 0 Å². The Balaban J connectivity index is 0.000000424. The van der Waals surface area contributed by atoms with E-state index in [1.54, 1.807) is 0 Å². The molecule has 0 radical (unpaired) electrons. The van der Waals surface area contributed by atoms with Crippen LogP contribution in [0, 0.1) is 0 Å². The lowest BCUT2D eigenvalue weighted by molar-refractivity contribution is -0.106. The summed E-state index contributed by atoms with van der Waals surface area (Å²) >= 11 is 0. The van der Waals surface area contributed by atoms with Crippen LogP contribution in [0.1, 0.15) is 6.92 Å². The molecule has 0 saturated carbocycles. The molecule has 1 aromatic carbocycles. The minimum absolute atomic E-state index is 0.750. The van der Waals surface area contributed by atoms with Gasteiger partial charge < -0.3 is 15.5 Å². The van der Waals surface area contributed by atoms with Gasteiger partial charge in [-0.05, 0) is 19.1 Å². The first-order chi connectivity index (χ1) is 6.29. The van der Waals surface area contributed by atoms with Crippen molar-refractivity contribution < 1.29 is 4.79 Å². The molecule has 4 N–H and O–H groups in total. The SMILES string of the molecule is CC=O.CNc1ccccc1NN. The van der Waals surface area contributed by atoms with Crippen LogP contribution in [0.3, 0.4) is 0 Å². The zero-order chi connectivity index (χ0) is 10.1. The number of rotatable bonds is 2. The number of nitrogens with two attached hydrogens (primary N) is 1. The van der Waals surface area contributed by atoms with Crippen molar-refractivity contribution >= 4 is 17.7 Å². The van der Waals surface area contributed by atoms with Crippen molar-refractivity contribution in [2.45, 2.75) is 6.92 Å². The Morgan fingerprint density at radius 3 is 2.08 bits per heavy atom. The second-order valence-electron chi connectivity index (χ2n) is 2.18. The van der Waals surface area contributed by atoms with Crippen LogP contribution in [0.4, 0.5) is 11.4 Å². The number of carbonyl (C=O) groups excluding carboxylic acids is 1.